The first-order chi connectivity index (χ1) is 12.4. The second-order valence-corrected chi connectivity index (χ2v) is 7.53. The maximum Gasteiger partial charge on any atom is 0.239 e. The molecule has 1 N–H and O–H groups in total. The first-order valence-corrected chi connectivity index (χ1v) is 11.0. The third-order valence-electron chi connectivity index (χ3n) is 5.12. The second-order valence-electron chi connectivity index (χ2n) is 7.53. The number of halogens is 1. The highest BCUT2D eigenvalue weighted by atomic mass is 35.5. The molecule has 1 aliphatic rings. The number of allylic oxidation sites excluding steroid dienone is 1. The molecule has 1 aliphatic heterocycles. The molecule has 1 rings (SSSR count). The van der Waals surface area contributed by atoms with Crippen molar-refractivity contribution in [3.8, 4) is 0 Å². The Labute approximate surface area is 169 Å². The Hall–Kier alpha value is -0.540. The zero-order valence-electron chi connectivity index (χ0n) is 17.2. The maximum atomic E-state index is 8.93. The van der Waals surface area contributed by atoms with Crippen molar-refractivity contribution in [1.82, 2.24) is 4.90 Å². The molecular formula is C22H43ClN2O. The Kier molecular flexibility index (Phi) is 18.8. The first-order valence-electron chi connectivity index (χ1n) is 11.0. The molecule has 1 heterocycles. The monoisotopic (exact) mass is 386 g/mol. The van der Waals surface area contributed by atoms with Crippen LogP contribution < -0.4 is 12.4 Å². The SMILES string of the molecule is CCCCCCCCCCCCCCCC=CN1C=[N+](CCO)CC1.[Cl-]. The summed E-state index contributed by atoms with van der Waals surface area (Å²) in [5, 5.41) is 8.93. The molecule has 0 saturated heterocycles. The van der Waals surface area contributed by atoms with E-state index in [1.165, 1.54) is 89.9 Å². The Bertz CT molecular complexity index is 358. The number of unbranched alkanes of at least 4 members (excludes halogenated alkanes) is 13. The van der Waals surface area contributed by atoms with Gasteiger partial charge in [0.15, 0.2) is 0 Å². The summed E-state index contributed by atoms with van der Waals surface area (Å²) in [6, 6.07) is 0. The van der Waals surface area contributed by atoms with Crippen molar-refractivity contribution in [3.63, 3.8) is 0 Å². The van der Waals surface area contributed by atoms with Crippen LogP contribution in [0.2, 0.25) is 0 Å². The summed E-state index contributed by atoms with van der Waals surface area (Å²) >= 11 is 0. The lowest BCUT2D eigenvalue weighted by Gasteiger charge is -2.02. The average molecular weight is 387 g/mol. The first kappa shape index (κ1) is 25.5. The molecule has 0 aliphatic carbocycles. The molecule has 0 bridgehead atoms. The molecular weight excluding hydrogens is 344 g/mol. The normalized spacial score (nSPS) is 14.1. The van der Waals surface area contributed by atoms with Crippen molar-refractivity contribution in [3.05, 3.63) is 12.3 Å². The molecule has 0 aromatic heterocycles. The molecule has 0 amide bonds. The van der Waals surface area contributed by atoms with Gasteiger partial charge in [-0.3, -0.25) is 4.58 Å². The van der Waals surface area contributed by atoms with Gasteiger partial charge in [-0.1, -0.05) is 84.0 Å². The molecule has 0 unspecified atom stereocenters. The molecule has 154 valence electrons. The van der Waals surface area contributed by atoms with Gasteiger partial charge in [0.2, 0.25) is 6.34 Å². The molecule has 0 fully saturated rings. The van der Waals surface area contributed by atoms with Crippen molar-refractivity contribution in [2.24, 2.45) is 0 Å². The van der Waals surface area contributed by atoms with Crippen LogP contribution in [-0.2, 0) is 0 Å². The van der Waals surface area contributed by atoms with E-state index < -0.39 is 0 Å². The molecule has 0 spiro atoms. The number of aliphatic hydroxyl groups excluding tert-OH is 1. The summed E-state index contributed by atoms with van der Waals surface area (Å²) in [6.45, 7) is 5.37. The molecule has 0 radical (unpaired) electrons. The minimum absolute atomic E-state index is 0. The summed E-state index contributed by atoms with van der Waals surface area (Å²) in [7, 11) is 0. The summed E-state index contributed by atoms with van der Waals surface area (Å²) < 4.78 is 2.18. The number of rotatable bonds is 17. The predicted molar refractivity (Wildman–Crippen MR) is 109 cm³/mol. The van der Waals surface area contributed by atoms with Gasteiger partial charge in [-0.05, 0) is 18.9 Å². The number of nitrogens with zero attached hydrogens (tertiary/aromatic N) is 2. The number of β-amino-alcohol motifs (C(OH)–C–C–N with tert-alkyl or cyclic N) is 1. The highest BCUT2D eigenvalue weighted by Gasteiger charge is 2.15. The topological polar surface area (TPSA) is 26.5 Å². The van der Waals surface area contributed by atoms with E-state index in [2.05, 4.69) is 35.0 Å². The van der Waals surface area contributed by atoms with E-state index in [0.29, 0.717) is 0 Å². The van der Waals surface area contributed by atoms with E-state index in [4.69, 9.17) is 5.11 Å². The van der Waals surface area contributed by atoms with E-state index >= 15 is 0 Å². The van der Waals surface area contributed by atoms with Crippen LogP contribution in [0.1, 0.15) is 96.8 Å². The fourth-order valence-corrected chi connectivity index (χ4v) is 3.47. The molecule has 0 aromatic rings. The summed E-state index contributed by atoms with van der Waals surface area (Å²) in [6.07, 6.45) is 26.3. The molecule has 0 aromatic carbocycles. The Morgan fingerprint density at radius 1 is 0.885 bits per heavy atom. The predicted octanol–water partition coefficient (Wildman–Crippen LogP) is 2.33. The fraction of sp³-hybridized carbons (Fsp3) is 0.864. The molecule has 26 heavy (non-hydrogen) atoms. The molecule has 3 nitrogen and oxygen atoms in total. The van der Waals surface area contributed by atoms with Crippen LogP contribution in [0.3, 0.4) is 0 Å². The van der Waals surface area contributed by atoms with Gasteiger partial charge in [0, 0.05) is 0 Å². The molecule has 4 heteroatoms. The van der Waals surface area contributed by atoms with Gasteiger partial charge in [0.25, 0.3) is 0 Å². The lowest BCUT2D eigenvalue weighted by atomic mass is 10.0. The number of aliphatic hydroxyl groups is 1. The highest BCUT2D eigenvalue weighted by molar-refractivity contribution is 5.52. The van der Waals surface area contributed by atoms with Crippen molar-refractivity contribution < 1.29 is 22.1 Å². The smallest absolute Gasteiger partial charge is 0.239 e. The third-order valence-corrected chi connectivity index (χ3v) is 5.12. The van der Waals surface area contributed by atoms with Gasteiger partial charge in [0.05, 0.1) is 12.8 Å². The minimum Gasteiger partial charge on any atom is -1.00 e. The molecule has 0 atom stereocenters. The minimum atomic E-state index is 0. The van der Waals surface area contributed by atoms with Crippen LogP contribution in [0.25, 0.3) is 0 Å². The molecule has 0 saturated carbocycles. The standard InChI is InChI=1S/C22H43N2O.ClH/c1-2-3-4-5-6-7-8-9-10-11-12-13-14-15-16-17-23-18-19-24(22-23)20-21-25;/h16-17,22,25H,2-15,18-21H2,1H3;1H/q+1;/p-1. The van der Waals surface area contributed by atoms with E-state index in [-0.39, 0.29) is 19.0 Å². The van der Waals surface area contributed by atoms with E-state index in [9.17, 15) is 0 Å². The number of hydrogen-bond acceptors (Lipinski definition) is 2. The van der Waals surface area contributed by atoms with Crippen molar-refractivity contribution in [1.29, 1.82) is 0 Å². The van der Waals surface area contributed by atoms with Gasteiger partial charge in [-0.25, -0.2) is 4.90 Å². The van der Waals surface area contributed by atoms with Gasteiger partial charge < -0.3 is 17.5 Å². The fourth-order valence-electron chi connectivity index (χ4n) is 3.47. The Balaban J connectivity index is 0.00000625. The van der Waals surface area contributed by atoms with Crippen molar-refractivity contribution >= 4 is 6.34 Å². The van der Waals surface area contributed by atoms with Gasteiger partial charge in [0.1, 0.15) is 19.6 Å². The summed E-state index contributed by atoms with van der Waals surface area (Å²) in [5.41, 5.74) is 0. The maximum absolute atomic E-state index is 8.93. The van der Waals surface area contributed by atoms with Gasteiger partial charge >= 0.3 is 0 Å². The zero-order chi connectivity index (χ0) is 18.0. The largest absolute Gasteiger partial charge is 1.00 e. The van der Waals surface area contributed by atoms with Crippen LogP contribution in [0, 0.1) is 0 Å². The van der Waals surface area contributed by atoms with Crippen molar-refractivity contribution in [2.75, 3.05) is 26.2 Å². The van der Waals surface area contributed by atoms with Crippen molar-refractivity contribution in [2.45, 2.75) is 96.8 Å². The third kappa shape index (κ3) is 14.6. The van der Waals surface area contributed by atoms with Gasteiger partial charge in [-0.15, -0.1) is 0 Å². The quantitative estimate of drug-likeness (QED) is 0.307. The average Bonchev–Trinajstić information content (AvgIpc) is 3.06. The van der Waals surface area contributed by atoms with Crippen LogP contribution >= 0.6 is 0 Å². The lowest BCUT2D eigenvalue weighted by molar-refractivity contribution is -0.516. The van der Waals surface area contributed by atoms with Crippen LogP contribution in [0.5, 0.6) is 0 Å². The van der Waals surface area contributed by atoms with Gasteiger partial charge in [-0.2, -0.15) is 0 Å². The lowest BCUT2D eigenvalue weighted by Crippen LogP contribution is -3.00. The Morgan fingerprint density at radius 3 is 1.96 bits per heavy atom. The Morgan fingerprint density at radius 2 is 1.42 bits per heavy atom. The highest BCUT2D eigenvalue weighted by Crippen LogP contribution is 2.13. The second kappa shape index (κ2) is 19.2. The van der Waals surface area contributed by atoms with Crippen LogP contribution in [-0.4, -0.2) is 47.2 Å². The van der Waals surface area contributed by atoms with E-state index in [1.54, 1.807) is 0 Å². The van der Waals surface area contributed by atoms with Crippen LogP contribution in [0.4, 0.5) is 0 Å². The number of hydrogen-bond donors (Lipinski definition) is 1. The van der Waals surface area contributed by atoms with Crippen LogP contribution in [0.15, 0.2) is 12.3 Å². The van der Waals surface area contributed by atoms with E-state index in [0.717, 1.165) is 19.6 Å². The summed E-state index contributed by atoms with van der Waals surface area (Å²) in [4.78, 5) is 2.23. The van der Waals surface area contributed by atoms with E-state index in [1.807, 2.05) is 0 Å². The summed E-state index contributed by atoms with van der Waals surface area (Å²) in [5.74, 6) is 0. The zero-order valence-corrected chi connectivity index (χ0v) is 17.9.